The number of hydrogen-bond acceptors (Lipinski definition) is 4. The molecule has 5 heteroatoms. The van der Waals surface area contributed by atoms with Crippen LogP contribution in [0.2, 0.25) is 5.02 Å². The van der Waals surface area contributed by atoms with Gasteiger partial charge in [0.15, 0.2) is 0 Å². The fourth-order valence-electron chi connectivity index (χ4n) is 3.01. The van der Waals surface area contributed by atoms with Gasteiger partial charge in [-0.15, -0.1) is 0 Å². The van der Waals surface area contributed by atoms with Gasteiger partial charge in [0.2, 0.25) is 0 Å². The monoisotopic (exact) mass is 424 g/mol. The first-order valence-corrected chi connectivity index (χ1v) is 11.3. The van der Waals surface area contributed by atoms with Crippen molar-refractivity contribution in [1.82, 2.24) is 0 Å². The van der Waals surface area contributed by atoms with Crippen molar-refractivity contribution >= 4 is 23.5 Å². The number of rotatable bonds is 14. The lowest BCUT2D eigenvalue weighted by molar-refractivity contribution is 0.0450. The standard InChI is InChI=1S/C24H37ClO4/c1-18(2)11-7-5-9-15-28-23(26)21-14-13-20(25)17-22(21)24(27)29-16-10-6-8-12-19(3)4/h13-14,17-19H,5-12,15-16H2,1-4H3. The molecule has 1 rings (SSSR count). The molecule has 4 nitrogen and oxygen atoms in total. The lowest BCUT2D eigenvalue weighted by atomic mass is 10.1. The molecule has 29 heavy (non-hydrogen) atoms. The Morgan fingerprint density at radius 1 is 0.759 bits per heavy atom. The number of carbonyl (C=O) groups excluding carboxylic acids is 2. The maximum absolute atomic E-state index is 12.5. The molecule has 0 saturated carbocycles. The molecule has 164 valence electrons. The third kappa shape index (κ3) is 11.3. The van der Waals surface area contributed by atoms with E-state index in [4.69, 9.17) is 21.1 Å². The Bertz CT molecular complexity index is 625. The second kappa shape index (κ2) is 14.4. The number of halogens is 1. The van der Waals surface area contributed by atoms with Gasteiger partial charge in [-0.1, -0.05) is 77.8 Å². The number of esters is 2. The summed E-state index contributed by atoms with van der Waals surface area (Å²) in [5.74, 6) is 0.345. The first-order valence-electron chi connectivity index (χ1n) is 10.9. The van der Waals surface area contributed by atoms with Gasteiger partial charge in [0.25, 0.3) is 0 Å². The SMILES string of the molecule is CC(C)CCCCCOC(=O)c1ccc(Cl)cc1C(=O)OCCCCCC(C)C. The third-order valence-electron chi connectivity index (χ3n) is 4.74. The van der Waals surface area contributed by atoms with Crippen molar-refractivity contribution in [3.8, 4) is 0 Å². The predicted molar refractivity (Wildman–Crippen MR) is 119 cm³/mol. The minimum absolute atomic E-state index is 0.171. The molecule has 0 N–H and O–H groups in total. The van der Waals surface area contributed by atoms with Crippen LogP contribution in [0.15, 0.2) is 18.2 Å². The molecule has 0 atom stereocenters. The van der Waals surface area contributed by atoms with Crippen molar-refractivity contribution in [2.24, 2.45) is 11.8 Å². The number of carbonyl (C=O) groups is 2. The molecular weight excluding hydrogens is 388 g/mol. The molecule has 0 spiro atoms. The summed E-state index contributed by atoms with van der Waals surface area (Å²) in [5.41, 5.74) is 0.380. The van der Waals surface area contributed by atoms with E-state index in [1.807, 2.05) is 0 Å². The van der Waals surface area contributed by atoms with Crippen LogP contribution < -0.4 is 0 Å². The van der Waals surface area contributed by atoms with Crippen molar-refractivity contribution in [3.05, 3.63) is 34.3 Å². The lowest BCUT2D eigenvalue weighted by Gasteiger charge is -2.11. The molecule has 0 aliphatic carbocycles. The molecule has 0 amide bonds. The molecule has 0 saturated heterocycles. The van der Waals surface area contributed by atoms with Crippen molar-refractivity contribution in [2.45, 2.75) is 79.1 Å². The Kier molecular flexibility index (Phi) is 12.7. The number of unbranched alkanes of at least 4 members (excludes halogenated alkanes) is 4. The second-order valence-electron chi connectivity index (χ2n) is 8.45. The normalized spacial score (nSPS) is 11.1. The van der Waals surface area contributed by atoms with Crippen LogP contribution in [0.25, 0.3) is 0 Å². The molecule has 0 unspecified atom stereocenters. The van der Waals surface area contributed by atoms with E-state index in [2.05, 4.69) is 27.7 Å². The summed E-state index contributed by atoms with van der Waals surface area (Å²) in [6.45, 7) is 9.49. The minimum atomic E-state index is -0.528. The van der Waals surface area contributed by atoms with Gasteiger partial charge in [-0.3, -0.25) is 0 Å². The highest BCUT2D eigenvalue weighted by Crippen LogP contribution is 2.19. The number of ether oxygens (including phenoxy) is 2. The highest BCUT2D eigenvalue weighted by molar-refractivity contribution is 6.31. The summed E-state index contributed by atoms with van der Waals surface area (Å²) in [7, 11) is 0. The maximum Gasteiger partial charge on any atom is 0.339 e. The van der Waals surface area contributed by atoms with E-state index in [0.717, 1.165) is 38.5 Å². The van der Waals surface area contributed by atoms with Gasteiger partial charge in [-0.2, -0.15) is 0 Å². The van der Waals surface area contributed by atoms with Gasteiger partial charge in [-0.05, 0) is 42.9 Å². The zero-order valence-electron chi connectivity index (χ0n) is 18.5. The quantitative estimate of drug-likeness (QED) is 0.236. The van der Waals surface area contributed by atoms with Crippen LogP contribution >= 0.6 is 11.6 Å². The third-order valence-corrected chi connectivity index (χ3v) is 4.97. The van der Waals surface area contributed by atoms with E-state index < -0.39 is 11.9 Å². The van der Waals surface area contributed by atoms with E-state index in [0.29, 0.717) is 30.1 Å². The average Bonchev–Trinajstić information content (AvgIpc) is 2.66. The van der Waals surface area contributed by atoms with Gasteiger partial charge in [0, 0.05) is 5.02 Å². The van der Waals surface area contributed by atoms with E-state index in [1.54, 1.807) is 6.07 Å². The number of hydrogen-bond donors (Lipinski definition) is 0. The molecular formula is C24H37ClO4. The summed E-state index contributed by atoms with van der Waals surface area (Å²) < 4.78 is 10.7. The molecule has 0 aliphatic rings. The zero-order chi connectivity index (χ0) is 21.6. The molecule has 1 aromatic rings. The van der Waals surface area contributed by atoms with E-state index >= 15 is 0 Å². The molecule has 0 fully saturated rings. The van der Waals surface area contributed by atoms with Gasteiger partial charge < -0.3 is 9.47 Å². The largest absolute Gasteiger partial charge is 0.462 e. The van der Waals surface area contributed by atoms with Crippen LogP contribution in [-0.2, 0) is 9.47 Å². The van der Waals surface area contributed by atoms with Crippen LogP contribution in [0.3, 0.4) is 0 Å². The van der Waals surface area contributed by atoms with Crippen LogP contribution in [0.5, 0.6) is 0 Å². The van der Waals surface area contributed by atoms with Gasteiger partial charge in [-0.25, -0.2) is 9.59 Å². The maximum atomic E-state index is 12.5. The van der Waals surface area contributed by atoms with E-state index in [1.165, 1.54) is 25.0 Å². The predicted octanol–water partition coefficient (Wildman–Crippen LogP) is 7.09. The summed E-state index contributed by atoms with van der Waals surface area (Å²) in [6, 6.07) is 4.59. The Labute approximate surface area is 181 Å². The molecule has 0 aromatic heterocycles. The molecule has 0 radical (unpaired) electrons. The second-order valence-corrected chi connectivity index (χ2v) is 8.88. The van der Waals surface area contributed by atoms with Crippen molar-refractivity contribution in [3.63, 3.8) is 0 Å². The Hall–Kier alpha value is -1.55. The summed E-state index contributed by atoms with van der Waals surface area (Å²) in [5, 5.41) is 0.388. The first kappa shape index (κ1) is 25.5. The molecule has 0 heterocycles. The highest BCUT2D eigenvalue weighted by Gasteiger charge is 2.20. The van der Waals surface area contributed by atoms with Crippen LogP contribution in [0.4, 0.5) is 0 Å². The number of benzene rings is 1. The molecule has 1 aromatic carbocycles. The van der Waals surface area contributed by atoms with Crippen LogP contribution in [0, 0.1) is 11.8 Å². The van der Waals surface area contributed by atoms with Crippen LogP contribution in [-0.4, -0.2) is 25.2 Å². The van der Waals surface area contributed by atoms with Crippen molar-refractivity contribution in [2.75, 3.05) is 13.2 Å². The summed E-state index contributed by atoms with van der Waals surface area (Å²) >= 11 is 6.02. The summed E-state index contributed by atoms with van der Waals surface area (Å²) in [4.78, 5) is 24.9. The minimum Gasteiger partial charge on any atom is -0.462 e. The first-order chi connectivity index (χ1) is 13.8. The van der Waals surface area contributed by atoms with Crippen LogP contribution in [0.1, 0.15) is 99.8 Å². The van der Waals surface area contributed by atoms with Gasteiger partial charge in [0.1, 0.15) is 0 Å². The Balaban J connectivity index is 2.49. The van der Waals surface area contributed by atoms with Gasteiger partial charge >= 0.3 is 11.9 Å². The Morgan fingerprint density at radius 3 is 1.72 bits per heavy atom. The van der Waals surface area contributed by atoms with Crippen molar-refractivity contribution < 1.29 is 19.1 Å². The fourth-order valence-corrected chi connectivity index (χ4v) is 3.18. The molecule has 0 bridgehead atoms. The van der Waals surface area contributed by atoms with E-state index in [9.17, 15) is 9.59 Å². The average molecular weight is 425 g/mol. The smallest absolute Gasteiger partial charge is 0.339 e. The van der Waals surface area contributed by atoms with Gasteiger partial charge in [0.05, 0.1) is 24.3 Å². The van der Waals surface area contributed by atoms with E-state index in [-0.39, 0.29) is 11.1 Å². The van der Waals surface area contributed by atoms with Crippen molar-refractivity contribution in [1.29, 1.82) is 0 Å². The summed E-state index contributed by atoms with van der Waals surface area (Å²) in [6.07, 6.45) is 8.29. The fraction of sp³-hybridized carbons (Fsp3) is 0.667. The zero-order valence-corrected chi connectivity index (χ0v) is 19.2. The topological polar surface area (TPSA) is 52.6 Å². The molecule has 0 aliphatic heterocycles. The highest BCUT2D eigenvalue weighted by atomic mass is 35.5. The lowest BCUT2D eigenvalue weighted by Crippen LogP contribution is -2.15. The Morgan fingerprint density at radius 2 is 1.24 bits per heavy atom.